The van der Waals surface area contributed by atoms with E-state index in [4.69, 9.17) is 5.73 Å². The molecule has 0 radical (unpaired) electrons. The SMILES string of the molecule is CCCCCC(CC)c1c(N=S(=O)=O)cccc1C(N)=O.Cl. The van der Waals surface area contributed by atoms with E-state index >= 15 is 0 Å². The summed E-state index contributed by atoms with van der Waals surface area (Å²) in [4.78, 5) is 11.6. The lowest BCUT2D eigenvalue weighted by Gasteiger charge is -2.19. The van der Waals surface area contributed by atoms with Gasteiger partial charge in [0.25, 0.3) is 0 Å². The van der Waals surface area contributed by atoms with Gasteiger partial charge in [0.05, 0.1) is 5.69 Å². The van der Waals surface area contributed by atoms with E-state index in [1.54, 1.807) is 18.2 Å². The van der Waals surface area contributed by atoms with E-state index in [9.17, 15) is 13.2 Å². The molecular formula is C15H23ClN2O3S. The fraction of sp³-hybridized carbons (Fsp3) is 0.533. The van der Waals surface area contributed by atoms with E-state index in [0.717, 1.165) is 32.1 Å². The number of hydrogen-bond donors (Lipinski definition) is 1. The minimum absolute atomic E-state index is 0. The first-order chi connectivity index (χ1) is 10.0. The standard InChI is InChI=1S/C15H22N2O3S.ClH/c1-3-5-6-8-11(4-2)14-12(15(16)18)9-7-10-13(14)17-21(19)20;/h7,9-11H,3-6,8H2,1-2H3,(H2,16,18);1H. The summed E-state index contributed by atoms with van der Waals surface area (Å²) in [7, 11) is -2.55. The van der Waals surface area contributed by atoms with Gasteiger partial charge in [0, 0.05) is 5.56 Å². The third-order valence-electron chi connectivity index (χ3n) is 3.58. The minimum atomic E-state index is -2.55. The van der Waals surface area contributed by atoms with Gasteiger partial charge in [-0.1, -0.05) is 39.2 Å². The van der Waals surface area contributed by atoms with Crippen LogP contribution in [0, 0.1) is 0 Å². The summed E-state index contributed by atoms with van der Waals surface area (Å²) in [6.07, 6.45) is 4.94. The van der Waals surface area contributed by atoms with Gasteiger partial charge < -0.3 is 5.73 Å². The Morgan fingerprint density at radius 3 is 2.45 bits per heavy atom. The highest BCUT2D eigenvalue weighted by Crippen LogP contribution is 2.35. The highest BCUT2D eigenvalue weighted by Gasteiger charge is 2.20. The van der Waals surface area contributed by atoms with Crippen molar-refractivity contribution in [2.45, 2.75) is 51.9 Å². The average Bonchev–Trinajstić information content (AvgIpc) is 2.43. The molecule has 0 fully saturated rings. The van der Waals surface area contributed by atoms with Crippen LogP contribution in [0.1, 0.15) is 67.8 Å². The van der Waals surface area contributed by atoms with Crippen molar-refractivity contribution in [2.24, 2.45) is 10.1 Å². The highest BCUT2D eigenvalue weighted by atomic mass is 35.5. The lowest BCUT2D eigenvalue weighted by molar-refractivity contribution is 0.0999. The molecule has 0 saturated carbocycles. The number of hydrogen-bond acceptors (Lipinski definition) is 4. The van der Waals surface area contributed by atoms with Gasteiger partial charge in [-0.15, -0.1) is 16.8 Å². The van der Waals surface area contributed by atoms with Crippen molar-refractivity contribution in [3.63, 3.8) is 0 Å². The zero-order valence-electron chi connectivity index (χ0n) is 12.9. The number of carbonyl (C=O) groups excluding carboxylic acids is 1. The van der Waals surface area contributed by atoms with Crippen LogP contribution in [0.3, 0.4) is 0 Å². The van der Waals surface area contributed by atoms with E-state index in [2.05, 4.69) is 11.3 Å². The molecule has 2 N–H and O–H groups in total. The van der Waals surface area contributed by atoms with Gasteiger partial charge >= 0.3 is 10.5 Å². The fourth-order valence-electron chi connectivity index (χ4n) is 2.55. The molecule has 0 spiro atoms. The second kappa shape index (κ2) is 10.3. The van der Waals surface area contributed by atoms with Gasteiger partial charge in [-0.2, -0.15) is 8.42 Å². The molecule has 0 saturated heterocycles. The molecule has 0 heterocycles. The molecule has 124 valence electrons. The number of benzene rings is 1. The predicted molar refractivity (Wildman–Crippen MR) is 90.4 cm³/mol. The Kier molecular flexibility index (Phi) is 9.69. The van der Waals surface area contributed by atoms with E-state index in [-0.39, 0.29) is 18.3 Å². The molecule has 0 aliphatic heterocycles. The first-order valence-electron chi connectivity index (χ1n) is 7.25. The van der Waals surface area contributed by atoms with Crippen LogP contribution in [0.2, 0.25) is 0 Å². The molecule has 22 heavy (non-hydrogen) atoms. The summed E-state index contributed by atoms with van der Waals surface area (Å²) in [5.74, 6) is -0.463. The lowest BCUT2D eigenvalue weighted by atomic mass is 9.86. The second-order valence-corrected chi connectivity index (χ2v) is 5.63. The van der Waals surface area contributed by atoms with Crippen molar-refractivity contribution in [3.8, 4) is 0 Å². The quantitative estimate of drug-likeness (QED) is 0.722. The molecule has 1 atom stereocenters. The van der Waals surface area contributed by atoms with E-state index in [1.807, 2.05) is 6.92 Å². The number of rotatable bonds is 8. The van der Waals surface area contributed by atoms with E-state index in [0.29, 0.717) is 16.8 Å². The van der Waals surface area contributed by atoms with Crippen molar-refractivity contribution in [3.05, 3.63) is 29.3 Å². The number of nitrogens with two attached hydrogens (primary N) is 1. The molecule has 0 bridgehead atoms. The van der Waals surface area contributed by atoms with Crippen molar-refractivity contribution in [1.82, 2.24) is 0 Å². The molecule has 7 heteroatoms. The lowest BCUT2D eigenvalue weighted by Crippen LogP contribution is -2.15. The minimum Gasteiger partial charge on any atom is -0.366 e. The predicted octanol–water partition coefficient (Wildman–Crippen LogP) is 3.98. The average molecular weight is 347 g/mol. The molecule has 1 aromatic carbocycles. The summed E-state index contributed by atoms with van der Waals surface area (Å²) in [5, 5.41) is 0. The van der Waals surface area contributed by atoms with Gasteiger partial charge in [-0.3, -0.25) is 4.79 Å². The summed E-state index contributed by atoms with van der Waals surface area (Å²) in [6.45, 7) is 4.14. The zero-order valence-corrected chi connectivity index (χ0v) is 14.5. The van der Waals surface area contributed by atoms with Crippen molar-refractivity contribution >= 4 is 34.5 Å². The summed E-state index contributed by atoms with van der Waals surface area (Å²) < 4.78 is 25.4. The van der Waals surface area contributed by atoms with Gasteiger partial charge in [0.15, 0.2) is 0 Å². The van der Waals surface area contributed by atoms with Crippen LogP contribution in [0.15, 0.2) is 22.6 Å². The zero-order chi connectivity index (χ0) is 15.8. The molecule has 0 aromatic heterocycles. The number of halogens is 1. The normalized spacial score (nSPS) is 11.4. The molecule has 1 rings (SSSR count). The van der Waals surface area contributed by atoms with Crippen LogP contribution in [-0.2, 0) is 10.5 Å². The summed E-state index contributed by atoms with van der Waals surface area (Å²) in [6, 6.07) is 4.85. The highest BCUT2D eigenvalue weighted by molar-refractivity contribution is 7.61. The van der Waals surface area contributed by atoms with Gasteiger partial charge in [0.1, 0.15) is 0 Å². The molecule has 1 amide bonds. The Bertz CT molecular complexity index is 622. The number of amides is 1. The number of primary amides is 1. The topological polar surface area (TPSA) is 89.6 Å². The maximum absolute atomic E-state index is 11.6. The third kappa shape index (κ3) is 5.77. The second-order valence-electron chi connectivity index (χ2n) is 5.01. The first kappa shape index (κ1) is 20.6. The smallest absolute Gasteiger partial charge is 0.316 e. The number of carbonyl (C=O) groups is 1. The Balaban J connectivity index is 0.00000441. The van der Waals surface area contributed by atoms with Gasteiger partial charge in [-0.25, -0.2) is 0 Å². The molecule has 5 nitrogen and oxygen atoms in total. The van der Waals surface area contributed by atoms with Crippen LogP contribution in [0.5, 0.6) is 0 Å². The monoisotopic (exact) mass is 346 g/mol. The fourth-order valence-corrected chi connectivity index (χ4v) is 2.87. The molecule has 1 aromatic rings. The molecule has 0 aliphatic rings. The molecule has 1 unspecified atom stereocenters. The molecule has 0 aliphatic carbocycles. The maximum atomic E-state index is 11.6. The largest absolute Gasteiger partial charge is 0.366 e. The molecular weight excluding hydrogens is 324 g/mol. The Hall–Kier alpha value is -1.40. The van der Waals surface area contributed by atoms with E-state index in [1.165, 1.54) is 0 Å². The van der Waals surface area contributed by atoms with Crippen LogP contribution in [-0.4, -0.2) is 14.3 Å². The van der Waals surface area contributed by atoms with Crippen molar-refractivity contribution < 1.29 is 13.2 Å². The summed E-state index contributed by atoms with van der Waals surface area (Å²) in [5.41, 5.74) is 6.78. The maximum Gasteiger partial charge on any atom is 0.316 e. The van der Waals surface area contributed by atoms with Crippen molar-refractivity contribution in [2.75, 3.05) is 0 Å². The summed E-state index contributed by atoms with van der Waals surface area (Å²) >= 11 is 0. The van der Waals surface area contributed by atoms with Crippen LogP contribution in [0.25, 0.3) is 0 Å². The van der Waals surface area contributed by atoms with Crippen LogP contribution >= 0.6 is 12.4 Å². The number of unbranched alkanes of at least 4 members (excludes halogenated alkanes) is 2. The Morgan fingerprint density at radius 1 is 1.27 bits per heavy atom. The number of nitrogens with zero attached hydrogens (tertiary/aromatic N) is 1. The first-order valence-corrected chi connectivity index (χ1v) is 8.28. The van der Waals surface area contributed by atoms with Crippen LogP contribution in [0.4, 0.5) is 5.69 Å². The third-order valence-corrected chi connectivity index (χ3v) is 3.92. The van der Waals surface area contributed by atoms with Crippen LogP contribution < -0.4 is 5.73 Å². The van der Waals surface area contributed by atoms with Crippen molar-refractivity contribution in [1.29, 1.82) is 0 Å². The van der Waals surface area contributed by atoms with Gasteiger partial charge in [-0.05, 0) is 36.5 Å². The van der Waals surface area contributed by atoms with Gasteiger partial charge in [0.2, 0.25) is 5.91 Å². The van der Waals surface area contributed by atoms with E-state index < -0.39 is 16.4 Å². The Morgan fingerprint density at radius 2 is 1.95 bits per heavy atom. The Labute approximate surface area is 139 Å².